The highest BCUT2D eigenvalue weighted by Gasteiger charge is 2.34. The zero-order valence-corrected chi connectivity index (χ0v) is 19.8. The number of rotatable bonds is 8. The summed E-state index contributed by atoms with van der Waals surface area (Å²) < 4.78 is 41.1. The van der Waals surface area contributed by atoms with Crippen LogP contribution in [0.1, 0.15) is 44.1 Å². The summed E-state index contributed by atoms with van der Waals surface area (Å²) in [6.07, 6.45) is 5.64. The molecule has 34 heavy (non-hydrogen) atoms. The van der Waals surface area contributed by atoms with Crippen LogP contribution in [0.3, 0.4) is 0 Å². The molecule has 1 heterocycles. The summed E-state index contributed by atoms with van der Waals surface area (Å²) in [5, 5.41) is 2.79. The van der Waals surface area contributed by atoms with E-state index in [1.54, 1.807) is 29.2 Å². The van der Waals surface area contributed by atoms with E-state index in [1.807, 2.05) is 0 Å². The minimum Gasteiger partial charge on any atom is -0.342 e. The Labute approximate surface area is 199 Å². The molecule has 2 N–H and O–H groups in total. The van der Waals surface area contributed by atoms with Gasteiger partial charge in [0.1, 0.15) is 5.82 Å². The lowest BCUT2D eigenvalue weighted by Gasteiger charge is -2.22. The molecule has 9 heteroatoms. The van der Waals surface area contributed by atoms with Crippen LogP contribution in [0.2, 0.25) is 0 Å². The molecule has 1 saturated carbocycles. The van der Waals surface area contributed by atoms with Crippen molar-refractivity contribution in [1.82, 2.24) is 9.62 Å². The first-order valence-corrected chi connectivity index (χ1v) is 13.2. The Hall–Kier alpha value is -2.78. The zero-order chi connectivity index (χ0) is 24.1. The maximum Gasteiger partial charge on any atom is 0.240 e. The van der Waals surface area contributed by atoms with E-state index in [4.69, 9.17) is 0 Å². The molecule has 1 unspecified atom stereocenters. The average molecular weight is 488 g/mol. The molecule has 2 aromatic carbocycles. The molecule has 1 aliphatic heterocycles. The summed E-state index contributed by atoms with van der Waals surface area (Å²) >= 11 is 0. The molecule has 182 valence electrons. The van der Waals surface area contributed by atoms with E-state index in [-0.39, 0.29) is 35.0 Å². The lowest BCUT2D eigenvalue weighted by atomic mass is 9.96. The standard InChI is InChI=1S/C25H30FN3O4S/c26-20-8-6-18(7-9-20)14-15-29-17-19(16-24(29)30)25(31)27-21-10-12-23(13-11-21)34(32,33)28-22-4-2-1-3-5-22/h6-13,19,22,28H,1-5,14-17H2,(H,27,31). The van der Waals surface area contributed by atoms with Gasteiger partial charge in [0.15, 0.2) is 0 Å². The van der Waals surface area contributed by atoms with Crippen LogP contribution in [0.5, 0.6) is 0 Å². The van der Waals surface area contributed by atoms with Gasteiger partial charge < -0.3 is 10.2 Å². The van der Waals surface area contributed by atoms with Gasteiger partial charge >= 0.3 is 0 Å². The van der Waals surface area contributed by atoms with Gasteiger partial charge in [0.25, 0.3) is 0 Å². The molecule has 2 fully saturated rings. The van der Waals surface area contributed by atoms with E-state index in [1.165, 1.54) is 24.3 Å². The van der Waals surface area contributed by atoms with Crippen molar-refractivity contribution in [3.8, 4) is 0 Å². The largest absolute Gasteiger partial charge is 0.342 e. The number of anilines is 1. The topological polar surface area (TPSA) is 95.6 Å². The van der Waals surface area contributed by atoms with Crippen LogP contribution in [0.25, 0.3) is 0 Å². The third-order valence-electron chi connectivity index (χ3n) is 6.53. The molecule has 1 saturated heterocycles. The smallest absolute Gasteiger partial charge is 0.240 e. The maximum atomic E-state index is 13.0. The van der Waals surface area contributed by atoms with Crippen LogP contribution in [0.4, 0.5) is 10.1 Å². The number of sulfonamides is 1. The van der Waals surface area contributed by atoms with E-state index in [2.05, 4.69) is 10.0 Å². The Morgan fingerprint density at radius 1 is 1.00 bits per heavy atom. The number of hydrogen-bond acceptors (Lipinski definition) is 4. The van der Waals surface area contributed by atoms with Gasteiger partial charge in [-0.3, -0.25) is 9.59 Å². The van der Waals surface area contributed by atoms with E-state index in [0.717, 1.165) is 37.7 Å². The molecule has 0 aromatic heterocycles. The van der Waals surface area contributed by atoms with Crippen molar-refractivity contribution in [2.24, 2.45) is 5.92 Å². The van der Waals surface area contributed by atoms with Gasteiger partial charge in [-0.2, -0.15) is 0 Å². The van der Waals surface area contributed by atoms with Crippen molar-refractivity contribution < 1.29 is 22.4 Å². The lowest BCUT2D eigenvalue weighted by molar-refractivity contribution is -0.128. The number of hydrogen-bond donors (Lipinski definition) is 2. The first-order chi connectivity index (χ1) is 16.3. The number of nitrogens with zero attached hydrogens (tertiary/aromatic N) is 1. The van der Waals surface area contributed by atoms with E-state index in [9.17, 15) is 22.4 Å². The molecular weight excluding hydrogens is 457 g/mol. The van der Waals surface area contributed by atoms with Gasteiger partial charge in [-0.25, -0.2) is 17.5 Å². The van der Waals surface area contributed by atoms with E-state index >= 15 is 0 Å². The Morgan fingerprint density at radius 2 is 1.68 bits per heavy atom. The predicted molar refractivity (Wildman–Crippen MR) is 127 cm³/mol. The Bertz CT molecular complexity index is 1110. The number of nitrogens with one attached hydrogen (secondary N) is 2. The molecular formula is C25H30FN3O4S. The molecule has 7 nitrogen and oxygen atoms in total. The second-order valence-electron chi connectivity index (χ2n) is 9.09. The van der Waals surface area contributed by atoms with E-state index < -0.39 is 15.9 Å². The summed E-state index contributed by atoms with van der Waals surface area (Å²) in [5.41, 5.74) is 1.41. The Morgan fingerprint density at radius 3 is 2.35 bits per heavy atom. The van der Waals surface area contributed by atoms with Gasteiger partial charge in [0.2, 0.25) is 21.8 Å². The number of halogens is 1. The summed E-state index contributed by atoms with van der Waals surface area (Å²) in [6, 6.07) is 12.2. The first kappa shape index (κ1) is 24.3. The number of amides is 2. The van der Waals surface area contributed by atoms with Gasteiger partial charge in [0.05, 0.1) is 10.8 Å². The molecule has 1 aliphatic carbocycles. The van der Waals surface area contributed by atoms with Crippen LogP contribution in [0.15, 0.2) is 53.4 Å². The molecule has 2 aromatic rings. The minimum absolute atomic E-state index is 0.0240. The quantitative estimate of drug-likeness (QED) is 0.596. The highest BCUT2D eigenvalue weighted by Crippen LogP contribution is 2.23. The second kappa shape index (κ2) is 10.7. The molecule has 0 bridgehead atoms. The molecule has 2 amide bonds. The average Bonchev–Trinajstić information content (AvgIpc) is 3.20. The molecule has 0 spiro atoms. The second-order valence-corrected chi connectivity index (χ2v) is 10.8. The van der Waals surface area contributed by atoms with Crippen LogP contribution >= 0.6 is 0 Å². The van der Waals surface area contributed by atoms with E-state index in [0.29, 0.717) is 25.2 Å². The molecule has 1 atom stereocenters. The van der Waals surface area contributed by atoms with Crippen LogP contribution in [-0.4, -0.2) is 44.3 Å². The fourth-order valence-electron chi connectivity index (χ4n) is 4.55. The highest BCUT2D eigenvalue weighted by atomic mass is 32.2. The van der Waals surface area contributed by atoms with Crippen molar-refractivity contribution in [2.45, 2.75) is 55.9 Å². The maximum absolute atomic E-state index is 13.0. The zero-order valence-electron chi connectivity index (χ0n) is 19.0. The summed E-state index contributed by atoms with van der Waals surface area (Å²) in [5.74, 6) is -1.13. The molecule has 2 aliphatic rings. The highest BCUT2D eigenvalue weighted by molar-refractivity contribution is 7.89. The van der Waals surface area contributed by atoms with Crippen molar-refractivity contribution in [3.63, 3.8) is 0 Å². The molecule has 4 rings (SSSR count). The molecule has 0 radical (unpaired) electrons. The van der Waals surface area contributed by atoms with Gasteiger partial charge in [-0.05, 0) is 61.2 Å². The van der Waals surface area contributed by atoms with Crippen LogP contribution in [-0.2, 0) is 26.0 Å². The number of benzene rings is 2. The monoisotopic (exact) mass is 487 g/mol. The van der Waals surface area contributed by atoms with Crippen LogP contribution in [0, 0.1) is 11.7 Å². The van der Waals surface area contributed by atoms with Crippen LogP contribution < -0.4 is 10.0 Å². The van der Waals surface area contributed by atoms with Gasteiger partial charge in [0, 0.05) is 31.2 Å². The first-order valence-electron chi connectivity index (χ1n) is 11.8. The summed E-state index contributed by atoms with van der Waals surface area (Å²) in [6.45, 7) is 0.790. The SMILES string of the molecule is O=C(Nc1ccc(S(=O)(=O)NC2CCCCC2)cc1)C1CC(=O)N(CCc2ccc(F)cc2)C1. The third-order valence-corrected chi connectivity index (χ3v) is 8.06. The Balaban J connectivity index is 1.29. The third kappa shape index (κ3) is 6.21. The Kier molecular flexibility index (Phi) is 7.63. The van der Waals surface area contributed by atoms with Crippen molar-refractivity contribution >= 4 is 27.5 Å². The predicted octanol–water partition coefficient (Wildman–Crippen LogP) is 3.47. The fourth-order valence-corrected chi connectivity index (χ4v) is 5.85. The van der Waals surface area contributed by atoms with Crippen molar-refractivity contribution in [3.05, 3.63) is 59.9 Å². The number of carbonyl (C=O) groups is 2. The summed E-state index contributed by atoms with van der Waals surface area (Å²) in [4.78, 5) is 26.9. The number of likely N-dealkylation sites (tertiary alicyclic amines) is 1. The van der Waals surface area contributed by atoms with Gasteiger partial charge in [-0.1, -0.05) is 31.4 Å². The normalized spacial score (nSPS) is 19.4. The van der Waals surface area contributed by atoms with Crippen molar-refractivity contribution in [1.29, 1.82) is 0 Å². The van der Waals surface area contributed by atoms with Gasteiger partial charge in [-0.15, -0.1) is 0 Å². The summed E-state index contributed by atoms with van der Waals surface area (Å²) in [7, 11) is -3.60. The van der Waals surface area contributed by atoms with Crippen molar-refractivity contribution in [2.75, 3.05) is 18.4 Å². The fraction of sp³-hybridized carbons (Fsp3) is 0.440. The lowest BCUT2D eigenvalue weighted by Crippen LogP contribution is -2.36. The minimum atomic E-state index is -3.60. The number of carbonyl (C=O) groups excluding carboxylic acids is 2.